The van der Waals surface area contributed by atoms with E-state index in [-0.39, 0.29) is 16.4 Å². The summed E-state index contributed by atoms with van der Waals surface area (Å²) < 4.78 is 34.3. The van der Waals surface area contributed by atoms with Gasteiger partial charge in [-0.05, 0) is 12.1 Å². The monoisotopic (exact) mass is 300 g/mol. The van der Waals surface area contributed by atoms with Crippen molar-refractivity contribution in [1.29, 1.82) is 0 Å². The fourth-order valence-electron chi connectivity index (χ4n) is 1.58. The molecular weight excluding hydrogens is 294 g/mol. The van der Waals surface area contributed by atoms with Gasteiger partial charge < -0.3 is 19.9 Å². The van der Waals surface area contributed by atoms with E-state index < -0.39 is 12.3 Å². The molecule has 104 valence electrons. The third kappa shape index (κ3) is 2.35. The number of nitrogens with one attached hydrogen (secondary N) is 1. The second-order valence-electron chi connectivity index (χ2n) is 3.79. The highest BCUT2D eigenvalue weighted by molar-refractivity contribution is 7.17. The van der Waals surface area contributed by atoms with Crippen molar-refractivity contribution in [3.8, 4) is 11.5 Å². The van der Waals surface area contributed by atoms with Gasteiger partial charge in [0.05, 0.1) is 6.20 Å². The van der Waals surface area contributed by atoms with Crippen molar-refractivity contribution in [3.05, 3.63) is 29.3 Å². The quantitative estimate of drug-likeness (QED) is 0.907. The van der Waals surface area contributed by atoms with E-state index in [1.807, 2.05) is 0 Å². The van der Waals surface area contributed by atoms with Crippen molar-refractivity contribution in [2.24, 2.45) is 0 Å². The number of anilines is 2. The van der Waals surface area contributed by atoms with Crippen molar-refractivity contribution in [3.63, 3.8) is 0 Å². The number of halogens is 2. The lowest BCUT2D eigenvalue weighted by atomic mass is 10.3. The van der Waals surface area contributed by atoms with Crippen LogP contribution in [0.1, 0.15) is 9.67 Å². The molecule has 1 aliphatic rings. The maximum atomic E-state index is 12.8. The highest BCUT2D eigenvalue weighted by atomic mass is 32.1. The number of fused-ring (bicyclic) bond motifs is 1. The van der Waals surface area contributed by atoms with E-state index in [1.165, 1.54) is 24.4 Å². The second kappa shape index (κ2) is 4.30. The molecule has 20 heavy (non-hydrogen) atoms. The zero-order valence-electron chi connectivity index (χ0n) is 9.59. The molecule has 2 aromatic rings. The number of nitrogens with zero attached hydrogens (tertiary/aromatic N) is 1. The van der Waals surface area contributed by atoms with Gasteiger partial charge in [-0.25, -0.2) is 9.78 Å². The van der Waals surface area contributed by atoms with E-state index in [2.05, 4.69) is 19.8 Å². The average Bonchev–Trinajstić information content (AvgIpc) is 2.91. The van der Waals surface area contributed by atoms with Crippen LogP contribution in [-0.2, 0) is 0 Å². The summed E-state index contributed by atoms with van der Waals surface area (Å²) in [4.78, 5) is 14.6. The molecule has 9 heteroatoms. The second-order valence-corrected chi connectivity index (χ2v) is 4.82. The van der Waals surface area contributed by atoms with Crippen LogP contribution in [-0.4, -0.2) is 22.4 Å². The van der Waals surface area contributed by atoms with Crippen LogP contribution in [0.15, 0.2) is 24.4 Å². The first-order chi connectivity index (χ1) is 9.43. The zero-order chi connectivity index (χ0) is 14.3. The molecule has 1 aromatic carbocycles. The molecule has 0 amide bonds. The Labute approximate surface area is 114 Å². The largest absolute Gasteiger partial charge is 0.586 e. The third-order valence-electron chi connectivity index (χ3n) is 2.37. The normalized spacial score (nSPS) is 15.1. The van der Waals surface area contributed by atoms with Crippen LogP contribution in [0.25, 0.3) is 0 Å². The molecule has 0 radical (unpaired) electrons. The molecule has 0 atom stereocenters. The van der Waals surface area contributed by atoms with Gasteiger partial charge in [-0.2, -0.15) is 0 Å². The molecule has 3 rings (SSSR count). The highest BCUT2D eigenvalue weighted by Crippen LogP contribution is 2.42. The number of thiazole rings is 1. The Morgan fingerprint density at radius 3 is 2.80 bits per heavy atom. The summed E-state index contributed by atoms with van der Waals surface area (Å²) in [5.41, 5.74) is 0.427. The van der Waals surface area contributed by atoms with Crippen LogP contribution >= 0.6 is 11.3 Å². The molecular formula is C11H6F2N2O4S. The molecule has 0 saturated heterocycles. The van der Waals surface area contributed by atoms with Crippen LogP contribution in [0.4, 0.5) is 19.6 Å². The number of carboxylic acids is 1. The van der Waals surface area contributed by atoms with Gasteiger partial charge in [0.25, 0.3) is 0 Å². The van der Waals surface area contributed by atoms with Gasteiger partial charge in [0.1, 0.15) is 4.88 Å². The first-order valence-corrected chi connectivity index (χ1v) is 6.11. The van der Waals surface area contributed by atoms with Crippen molar-refractivity contribution in [2.45, 2.75) is 6.29 Å². The number of ether oxygens (including phenoxy) is 2. The van der Waals surface area contributed by atoms with Crippen molar-refractivity contribution in [2.75, 3.05) is 5.32 Å². The topological polar surface area (TPSA) is 80.7 Å². The van der Waals surface area contributed by atoms with E-state index in [9.17, 15) is 13.6 Å². The van der Waals surface area contributed by atoms with Crippen LogP contribution in [0.3, 0.4) is 0 Å². The average molecular weight is 300 g/mol. The SMILES string of the molecule is O=C(O)c1cnc(Nc2ccc3c(c2)OC(F)(F)O3)s1. The molecule has 1 aliphatic heterocycles. The summed E-state index contributed by atoms with van der Waals surface area (Å²) in [5.74, 6) is -1.25. The molecule has 6 nitrogen and oxygen atoms in total. The van der Waals surface area contributed by atoms with E-state index >= 15 is 0 Å². The Bertz CT molecular complexity index is 689. The van der Waals surface area contributed by atoms with Crippen LogP contribution in [0, 0.1) is 0 Å². The lowest BCUT2D eigenvalue weighted by Crippen LogP contribution is -2.25. The Morgan fingerprint density at radius 1 is 1.35 bits per heavy atom. The number of carboxylic acid groups (broad SMARTS) is 1. The minimum atomic E-state index is -3.67. The molecule has 2 heterocycles. The molecule has 1 aromatic heterocycles. The van der Waals surface area contributed by atoms with Crippen molar-refractivity contribution in [1.82, 2.24) is 4.98 Å². The van der Waals surface area contributed by atoms with E-state index in [0.717, 1.165) is 11.3 Å². The number of hydrogen-bond acceptors (Lipinski definition) is 6. The van der Waals surface area contributed by atoms with E-state index in [1.54, 1.807) is 0 Å². The number of alkyl halides is 2. The number of benzene rings is 1. The Kier molecular flexibility index (Phi) is 2.71. The summed E-state index contributed by atoms with van der Waals surface area (Å²) in [5, 5.41) is 11.9. The van der Waals surface area contributed by atoms with Crippen LogP contribution in [0.2, 0.25) is 0 Å². The number of rotatable bonds is 3. The lowest BCUT2D eigenvalue weighted by Gasteiger charge is -2.04. The maximum Gasteiger partial charge on any atom is 0.586 e. The van der Waals surface area contributed by atoms with Crippen molar-refractivity contribution >= 4 is 28.1 Å². The van der Waals surface area contributed by atoms with Gasteiger partial charge in [0.2, 0.25) is 0 Å². The Morgan fingerprint density at radius 2 is 2.10 bits per heavy atom. The first-order valence-electron chi connectivity index (χ1n) is 5.29. The molecule has 0 saturated carbocycles. The molecule has 0 fully saturated rings. The van der Waals surface area contributed by atoms with Gasteiger partial charge in [0, 0.05) is 11.8 Å². The zero-order valence-corrected chi connectivity index (χ0v) is 10.4. The van der Waals surface area contributed by atoms with Gasteiger partial charge in [-0.3, -0.25) is 0 Å². The van der Waals surface area contributed by atoms with E-state index in [4.69, 9.17) is 5.11 Å². The van der Waals surface area contributed by atoms with Crippen molar-refractivity contribution < 1.29 is 28.2 Å². The fourth-order valence-corrected chi connectivity index (χ4v) is 2.26. The summed E-state index contributed by atoms with van der Waals surface area (Å²) in [7, 11) is 0. The molecule has 0 aliphatic carbocycles. The van der Waals surface area contributed by atoms with Gasteiger partial charge in [-0.15, -0.1) is 8.78 Å². The molecule has 0 spiro atoms. The summed E-state index contributed by atoms with van der Waals surface area (Å²) in [6.07, 6.45) is -2.46. The third-order valence-corrected chi connectivity index (χ3v) is 3.27. The standard InChI is InChI=1S/C11H6F2N2O4S/c12-11(13)18-6-2-1-5(3-7(6)19-11)15-10-14-4-8(20-10)9(16)17/h1-4H,(H,14,15)(H,16,17). The number of aromatic carboxylic acids is 1. The van der Waals surface area contributed by atoms with Crippen LogP contribution < -0.4 is 14.8 Å². The molecule has 0 bridgehead atoms. The Balaban J connectivity index is 1.81. The first kappa shape index (κ1) is 12.6. The Hall–Kier alpha value is -2.42. The number of carbonyl (C=O) groups is 1. The predicted molar refractivity (Wildman–Crippen MR) is 65.0 cm³/mol. The minimum Gasteiger partial charge on any atom is -0.477 e. The summed E-state index contributed by atoms with van der Waals surface area (Å²) in [6, 6.07) is 4.13. The number of aromatic nitrogens is 1. The van der Waals surface area contributed by atoms with Gasteiger partial charge in [-0.1, -0.05) is 11.3 Å². The number of hydrogen-bond donors (Lipinski definition) is 2. The molecule has 0 unspecified atom stereocenters. The van der Waals surface area contributed by atoms with Gasteiger partial charge >= 0.3 is 12.3 Å². The minimum absolute atomic E-state index is 0.0640. The van der Waals surface area contributed by atoms with Gasteiger partial charge in [0.15, 0.2) is 16.6 Å². The molecule has 2 N–H and O–H groups in total. The lowest BCUT2D eigenvalue weighted by molar-refractivity contribution is -0.286. The summed E-state index contributed by atoms with van der Waals surface area (Å²) >= 11 is 0.927. The highest BCUT2D eigenvalue weighted by Gasteiger charge is 2.43. The fraction of sp³-hybridized carbons (Fsp3) is 0.0909. The maximum absolute atomic E-state index is 12.8. The smallest absolute Gasteiger partial charge is 0.477 e. The predicted octanol–water partition coefficient (Wildman–Crippen LogP) is 2.91. The van der Waals surface area contributed by atoms with Crippen LogP contribution in [0.5, 0.6) is 11.5 Å². The van der Waals surface area contributed by atoms with E-state index in [0.29, 0.717) is 10.8 Å². The summed E-state index contributed by atoms with van der Waals surface area (Å²) in [6.45, 7) is 0.